The van der Waals surface area contributed by atoms with Crippen LogP contribution in [0, 0.1) is 0 Å². The summed E-state index contributed by atoms with van der Waals surface area (Å²) in [5.41, 5.74) is 2.57. The average molecular weight is 250 g/mol. The van der Waals surface area contributed by atoms with Crippen molar-refractivity contribution in [1.82, 2.24) is 0 Å². The Morgan fingerprint density at radius 3 is 1.47 bits per heavy atom. The van der Waals surface area contributed by atoms with E-state index in [4.69, 9.17) is 4.74 Å². The highest BCUT2D eigenvalue weighted by Gasteiger charge is 2.71. The first-order chi connectivity index (χ1) is 9.37. The van der Waals surface area contributed by atoms with E-state index in [1.165, 1.54) is 24.0 Å². The molecule has 0 radical (unpaired) electrons. The summed E-state index contributed by atoms with van der Waals surface area (Å²) in [5.74, 6) is 0. The maximum atomic E-state index is 6.43. The van der Waals surface area contributed by atoms with Gasteiger partial charge in [-0.15, -0.1) is 0 Å². The van der Waals surface area contributed by atoms with Crippen LogP contribution >= 0.6 is 0 Å². The van der Waals surface area contributed by atoms with Gasteiger partial charge in [0.2, 0.25) is 0 Å². The number of benzene rings is 2. The highest BCUT2D eigenvalue weighted by molar-refractivity contribution is 5.42. The first-order valence-corrected chi connectivity index (χ1v) is 7.19. The molecule has 4 rings (SSSR count). The lowest BCUT2D eigenvalue weighted by Crippen LogP contribution is -2.26. The fraction of sp³-hybridized carbons (Fsp3) is 0.333. The molecule has 0 bridgehead atoms. The standard InChI is InChI=1S/C18H18O/c1-3-9-15(10-4-1)17-13-7-8-14-18(17,19-17)16-11-5-2-6-12-16/h1-6,9-12H,7-8,13-14H2. The Labute approximate surface area is 114 Å². The summed E-state index contributed by atoms with van der Waals surface area (Å²) in [6.07, 6.45) is 4.82. The van der Waals surface area contributed by atoms with Gasteiger partial charge in [-0.25, -0.2) is 0 Å². The third-order valence-electron chi connectivity index (χ3n) is 4.75. The molecular weight excluding hydrogens is 232 g/mol. The van der Waals surface area contributed by atoms with Gasteiger partial charge in [0.1, 0.15) is 11.2 Å². The van der Waals surface area contributed by atoms with Crippen molar-refractivity contribution in [3.8, 4) is 0 Å². The Hall–Kier alpha value is -1.60. The number of fused-ring (bicyclic) bond motifs is 1. The number of epoxide rings is 1. The van der Waals surface area contributed by atoms with Gasteiger partial charge >= 0.3 is 0 Å². The molecule has 1 saturated heterocycles. The van der Waals surface area contributed by atoms with Crippen molar-refractivity contribution in [3.05, 3.63) is 71.8 Å². The lowest BCUT2D eigenvalue weighted by atomic mass is 9.72. The zero-order chi connectivity index (χ0) is 12.8. The van der Waals surface area contributed by atoms with E-state index in [1.807, 2.05) is 0 Å². The SMILES string of the molecule is c1ccc(C23CCCCC2(c2ccccc2)O3)cc1. The molecule has 1 heterocycles. The lowest BCUT2D eigenvalue weighted by Gasteiger charge is -2.25. The first-order valence-electron chi connectivity index (χ1n) is 7.19. The Kier molecular flexibility index (Phi) is 2.33. The molecule has 1 nitrogen and oxygen atoms in total. The summed E-state index contributed by atoms with van der Waals surface area (Å²) in [6, 6.07) is 21.5. The van der Waals surface area contributed by atoms with E-state index in [9.17, 15) is 0 Å². The molecule has 1 saturated carbocycles. The zero-order valence-electron chi connectivity index (χ0n) is 11.0. The quantitative estimate of drug-likeness (QED) is 0.720. The van der Waals surface area contributed by atoms with Gasteiger partial charge in [-0.2, -0.15) is 0 Å². The minimum atomic E-state index is -0.0616. The second-order valence-corrected chi connectivity index (χ2v) is 5.70. The van der Waals surface area contributed by atoms with Crippen LogP contribution in [0.2, 0.25) is 0 Å². The van der Waals surface area contributed by atoms with E-state index >= 15 is 0 Å². The Morgan fingerprint density at radius 1 is 0.632 bits per heavy atom. The molecule has 1 aliphatic heterocycles. The summed E-state index contributed by atoms with van der Waals surface area (Å²) >= 11 is 0. The summed E-state index contributed by atoms with van der Waals surface area (Å²) in [4.78, 5) is 0. The van der Waals surface area contributed by atoms with Crippen LogP contribution in [0.15, 0.2) is 60.7 Å². The smallest absolute Gasteiger partial charge is 0.128 e. The maximum absolute atomic E-state index is 6.43. The Morgan fingerprint density at radius 2 is 1.05 bits per heavy atom. The van der Waals surface area contributed by atoms with Crippen LogP contribution in [0.25, 0.3) is 0 Å². The third-order valence-corrected chi connectivity index (χ3v) is 4.75. The van der Waals surface area contributed by atoms with Crippen molar-refractivity contribution in [2.45, 2.75) is 36.9 Å². The molecular formula is C18H18O. The van der Waals surface area contributed by atoms with Crippen LogP contribution in [0.4, 0.5) is 0 Å². The fourth-order valence-corrected chi connectivity index (χ4v) is 3.81. The molecule has 2 aliphatic rings. The maximum Gasteiger partial charge on any atom is 0.128 e. The third kappa shape index (κ3) is 1.45. The van der Waals surface area contributed by atoms with Gasteiger partial charge in [-0.05, 0) is 36.8 Å². The lowest BCUT2D eigenvalue weighted by molar-refractivity contribution is 0.264. The molecule has 2 aromatic rings. The summed E-state index contributed by atoms with van der Waals surface area (Å²) in [5, 5.41) is 0. The van der Waals surface area contributed by atoms with Crippen molar-refractivity contribution in [3.63, 3.8) is 0 Å². The summed E-state index contributed by atoms with van der Waals surface area (Å²) in [6.45, 7) is 0. The van der Waals surface area contributed by atoms with Crippen molar-refractivity contribution >= 4 is 0 Å². The Balaban J connectivity index is 1.82. The largest absolute Gasteiger partial charge is 0.352 e. The predicted molar refractivity (Wildman–Crippen MR) is 75.8 cm³/mol. The Bertz CT molecular complexity index is 524. The highest BCUT2D eigenvalue weighted by Crippen LogP contribution is 2.69. The second kappa shape index (κ2) is 3.94. The van der Waals surface area contributed by atoms with E-state index in [0.717, 1.165) is 12.8 Å². The minimum absolute atomic E-state index is 0.0616. The van der Waals surface area contributed by atoms with Gasteiger partial charge in [0.15, 0.2) is 0 Å². The fourth-order valence-electron chi connectivity index (χ4n) is 3.81. The zero-order valence-corrected chi connectivity index (χ0v) is 11.0. The number of ether oxygens (including phenoxy) is 1. The molecule has 0 aromatic heterocycles. The molecule has 1 aliphatic carbocycles. The van der Waals surface area contributed by atoms with Gasteiger partial charge in [0.25, 0.3) is 0 Å². The van der Waals surface area contributed by atoms with Crippen molar-refractivity contribution in [1.29, 1.82) is 0 Å². The van der Waals surface area contributed by atoms with Crippen LogP contribution in [0.5, 0.6) is 0 Å². The molecule has 2 aromatic carbocycles. The molecule has 0 spiro atoms. The van der Waals surface area contributed by atoms with E-state index < -0.39 is 0 Å². The van der Waals surface area contributed by atoms with Gasteiger partial charge in [-0.1, -0.05) is 60.7 Å². The number of hydrogen-bond donors (Lipinski definition) is 0. The normalized spacial score (nSPS) is 32.6. The molecule has 2 atom stereocenters. The first kappa shape index (κ1) is 11.2. The topological polar surface area (TPSA) is 12.5 Å². The van der Waals surface area contributed by atoms with E-state index in [0.29, 0.717) is 0 Å². The number of rotatable bonds is 2. The van der Waals surface area contributed by atoms with E-state index in [2.05, 4.69) is 60.7 Å². The minimum Gasteiger partial charge on any atom is -0.352 e. The molecule has 2 fully saturated rings. The van der Waals surface area contributed by atoms with E-state index in [1.54, 1.807) is 0 Å². The van der Waals surface area contributed by atoms with Gasteiger partial charge in [-0.3, -0.25) is 0 Å². The van der Waals surface area contributed by atoms with Crippen LogP contribution in [-0.4, -0.2) is 0 Å². The van der Waals surface area contributed by atoms with Crippen LogP contribution in [-0.2, 0) is 15.9 Å². The average Bonchev–Trinajstić information content (AvgIpc) is 3.21. The van der Waals surface area contributed by atoms with Crippen molar-refractivity contribution < 1.29 is 4.74 Å². The summed E-state index contributed by atoms with van der Waals surface area (Å²) < 4.78 is 6.43. The van der Waals surface area contributed by atoms with Crippen molar-refractivity contribution in [2.24, 2.45) is 0 Å². The molecule has 0 amide bonds. The van der Waals surface area contributed by atoms with Crippen LogP contribution in [0.1, 0.15) is 36.8 Å². The van der Waals surface area contributed by atoms with Crippen molar-refractivity contribution in [2.75, 3.05) is 0 Å². The van der Waals surface area contributed by atoms with Crippen LogP contribution < -0.4 is 0 Å². The molecule has 19 heavy (non-hydrogen) atoms. The highest BCUT2D eigenvalue weighted by atomic mass is 16.6. The second-order valence-electron chi connectivity index (χ2n) is 5.70. The molecule has 96 valence electrons. The van der Waals surface area contributed by atoms with Gasteiger partial charge in [0, 0.05) is 0 Å². The van der Waals surface area contributed by atoms with Gasteiger partial charge in [0.05, 0.1) is 0 Å². The van der Waals surface area contributed by atoms with Gasteiger partial charge < -0.3 is 4.74 Å². The predicted octanol–water partition coefficient (Wildman–Crippen LogP) is 4.38. The summed E-state index contributed by atoms with van der Waals surface area (Å²) in [7, 11) is 0. The van der Waals surface area contributed by atoms with E-state index in [-0.39, 0.29) is 11.2 Å². The monoisotopic (exact) mass is 250 g/mol. The molecule has 1 heteroatoms. The molecule has 0 N–H and O–H groups in total. The van der Waals surface area contributed by atoms with Crippen LogP contribution in [0.3, 0.4) is 0 Å². The number of hydrogen-bond acceptors (Lipinski definition) is 1. The molecule has 2 unspecified atom stereocenters.